The average molecular weight is 481 g/mol. The van der Waals surface area contributed by atoms with Gasteiger partial charge in [-0.15, -0.1) is 0 Å². The van der Waals surface area contributed by atoms with Gasteiger partial charge in [0.1, 0.15) is 5.82 Å². The molecule has 0 saturated heterocycles. The minimum Gasteiger partial charge on any atom is -0.330 e. The third-order valence-electron chi connectivity index (χ3n) is 5.14. The number of carbonyl (C=O) groups excluding carboxylic acids is 1. The highest BCUT2D eigenvalue weighted by Crippen LogP contribution is 2.26. The van der Waals surface area contributed by atoms with Crippen LogP contribution in [0.1, 0.15) is 39.1 Å². The number of para-hydroxylation sites is 1. The lowest BCUT2D eigenvalue weighted by Gasteiger charge is -2.31. The molecule has 1 heterocycles. The van der Waals surface area contributed by atoms with Crippen LogP contribution < -0.4 is 5.56 Å². The van der Waals surface area contributed by atoms with Crippen molar-refractivity contribution in [2.24, 2.45) is 5.92 Å². The fourth-order valence-electron chi connectivity index (χ4n) is 3.43. The normalized spacial score (nSPS) is 12.5. The Morgan fingerprint density at radius 3 is 2.32 bits per heavy atom. The summed E-state index contributed by atoms with van der Waals surface area (Å²) in [5, 5.41) is 1.04. The Balaban J connectivity index is 2.22. The van der Waals surface area contributed by atoms with E-state index in [4.69, 9.17) is 39.8 Å². The Bertz CT molecular complexity index is 1130. The van der Waals surface area contributed by atoms with Crippen LogP contribution in [0.15, 0.2) is 53.3 Å². The van der Waals surface area contributed by atoms with E-state index in [1.54, 1.807) is 47.4 Å². The monoisotopic (exact) mass is 479 g/mol. The Kier molecular flexibility index (Phi) is 7.63. The zero-order valence-corrected chi connectivity index (χ0v) is 19.8. The van der Waals surface area contributed by atoms with Crippen molar-refractivity contribution in [3.05, 3.63) is 69.7 Å². The molecule has 0 aliphatic heterocycles. The lowest BCUT2D eigenvalue weighted by atomic mass is 10.1. The molecule has 0 radical (unpaired) electrons. The number of halogens is 3. The molecule has 0 bridgehead atoms. The summed E-state index contributed by atoms with van der Waals surface area (Å²) in [5.41, 5.74) is 0.947. The quantitative estimate of drug-likeness (QED) is 0.403. The standard InChI is InChI=1S/C23H24Cl3N3O2/c1-14(2)12-13-28(23(31)20(25)26)15(3)21-27-19-7-5-4-6-18(19)22(30)29(21)17-10-8-16(24)9-11-17/h4-11,14-15,20H,12-13H2,1-3H3. The van der Waals surface area contributed by atoms with E-state index in [1.165, 1.54) is 4.57 Å². The number of hydrogen-bond donors (Lipinski definition) is 0. The van der Waals surface area contributed by atoms with Gasteiger partial charge in [0, 0.05) is 11.6 Å². The molecular weight excluding hydrogens is 457 g/mol. The van der Waals surface area contributed by atoms with E-state index in [2.05, 4.69) is 13.8 Å². The van der Waals surface area contributed by atoms with Gasteiger partial charge in [-0.25, -0.2) is 4.98 Å². The highest BCUT2D eigenvalue weighted by Gasteiger charge is 2.29. The third kappa shape index (κ3) is 5.22. The first-order chi connectivity index (χ1) is 14.7. The second kappa shape index (κ2) is 10.0. The van der Waals surface area contributed by atoms with E-state index in [0.717, 1.165) is 6.42 Å². The van der Waals surface area contributed by atoms with Gasteiger partial charge in [0.2, 0.25) is 0 Å². The number of fused-ring (bicyclic) bond motifs is 1. The Labute approximate surface area is 196 Å². The van der Waals surface area contributed by atoms with Crippen molar-refractivity contribution in [3.8, 4) is 5.69 Å². The molecule has 5 nitrogen and oxygen atoms in total. The molecule has 0 fully saturated rings. The number of amides is 1. The van der Waals surface area contributed by atoms with Gasteiger partial charge in [-0.05, 0) is 55.7 Å². The van der Waals surface area contributed by atoms with Gasteiger partial charge in [-0.1, -0.05) is 60.8 Å². The zero-order chi connectivity index (χ0) is 22.7. The molecule has 2 aromatic carbocycles. The van der Waals surface area contributed by atoms with Crippen LogP contribution in [0.25, 0.3) is 16.6 Å². The van der Waals surface area contributed by atoms with Crippen molar-refractivity contribution in [1.29, 1.82) is 0 Å². The summed E-state index contributed by atoms with van der Waals surface area (Å²) in [6.45, 7) is 6.42. The summed E-state index contributed by atoms with van der Waals surface area (Å²) in [5.74, 6) is 0.383. The molecule has 0 saturated carbocycles. The summed E-state index contributed by atoms with van der Waals surface area (Å²) in [4.78, 5) is 31.5. The van der Waals surface area contributed by atoms with Gasteiger partial charge in [0.05, 0.1) is 22.6 Å². The molecule has 1 unspecified atom stereocenters. The molecule has 31 heavy (non-hydrogen) atoms. The molecule has 0 aliphatic carbocycles. The van der Waals surface area contributed by atoms with Crippen LogP contribution in [-0.4, -0.2) is 31.7 Å². The Morgan fingerprint density at radius 2 is 1.71 bits per heavy atom. The lowest BCUT2D eigenvalue weighted by molar-refractivity contribution is -0.131. The van der Waals surface area contributed by atoms with Gasteiger partial charge >= 0.3 is 0 Å². The van der Waals surface area contributed by atoms with Gasteiger partial charge in [0.25, 0.3) is 11.5 Å². The fourth-order valence-corrected chi connectivity index (χ4v) is 3.80. The lowest BCUT2D eigenvalue weighted by Crippen LogP contribution is -2.40. The predicted octanol–water partition coefficient (Wildman–Crippen LogP) is 5.78. The average Bonchev–Trinajstić information content (AvgIpc) is 2.74. The van der Waals surface area contributed by atoms with Crippen molar-refractivity contribution in [1.82, 2.24) is 14.5 Å². The highest BCUT2D eigenvalue weighted by atomic mass is 35.5. The van der Waals surface area contributed by atoms with Crippen molar-refractivity contribution >= 4 is 51.6 Å². The van der Waals surface area contributed by atoms with E-state index in [9.17, 15) is 9.59 Å². The molecule has 0 spiro atoms. The minimum atomic E-state index is -1.20. The first-order valence-corrected chi connectivity index (χ1v) is 11.3. The van der Waals surface area contributed by atoms with Crippen LogP contribution in [0, 0.1) is 5.92 Å². The van der Waals surface area contributed by atoms with Crippen LogP contribution in [0.5, 0.6) is 0 Å². The third-order valence-corrected chi connectivity index (χ3v) is 5.77. The van der Waals surface area contributed by atoms with Gasteiger partial charge in [-0.3, -0.25) is 14.2 Å². The first kappa shape index (κ1) is 23.6. The van der Waals surface area contributed by atoms with Crippen LogP contribution in [-0.2, 0) is 4.79 Å². The van der Waals surface area contributed by atoms with Gasteiger partial charge < -0.3 is 4.90 Å². The largest absolute Gasteiger partial charge is 0.330 e. The molecule has 0 N–H and O–H groups in total. The van der Waals surface area contributed by atoms with Crippen LogP contribution in [0.3, 0.4) is 0 Å². The number of benzene rings is 2. The molecule has 8 heteroatoms. The van der Waals surface area contributed by atoms with E-state index in [0.29, 0.717) is 39.9 Å². The number of nitrogens with zero attached hydrogens (tertiary/aromatic N) is 3. The number of hydrogen-bond acceptors (Lipinski definition) is 3. The Morgan fingerprint density at radius 1 is 1.06 bits per heavy atom. The maximum absolute atomic E-state index is 13.5. The van der Waals surface area contributed by atoms with Gasteiger partial charge in [-0.2, -0.15) is 0 Å². The van der Waals surface area contributed by atoms with E-state index in [-0.39, 0.29) is 5.56 Å². The van der Waals surface area contributed by atoms with Crippen molar-refractivity contribution in [2.45, 2.75) is 38.1 Å². The Hall–Kier alpha value is -2.08. The second-order valence-corrected chi connectivity index (χ2v) is 9.33. The fraction of sp³-hybridized carbons (Fsp3) is 0.348. The molecule has 3 rings (SSSR count). The number of alkyl halides is 2. The topological polar surface area (TPSA) is 55.2 Å². The number of rotatable bonds is 7. The summed E-state index contributed by atoms with van der Waals surface area (Å²) in [6.07, 6.45) is 0.759. The molecule has 3 aromatic rings. The zero-order valence-electron chi connectivity index (χ0n) is 17.6. The molecule has 164 valence electrons. The molecule has 1 aromatic heterocycles. The van der Waals surface area contributed by atoms with E-state index in [1.807, 2.05) is 13.0 Å². The summed E-state index contributed by atoms with van der Waals surface area (Å²) in [7, 11) is 0. The predicted molar refractivity (Wildman–Crippen MR) is 127 cm³/mol. The van der Waals surface area contributed by atoms with Crippen molar-refractivity contribution in [3.63, 3.8) is 0 Å². The SMILES string of the molecule is CC(C)CCN(C(=O)C(Cl)Cl)C(C)c1nc2ccccc2c(=O)n1-c1ccc(Cl)cc1. The smallest absolute Gasteiger partial charge is 0.266 e. The molecule has 0 aliphatic rings. The highest BCUT2D eigenvalue weighted by molar-refractivity contribution is 6.53. The molecule has 1 atom stereocenters. The van der Waals surface area contributed by atoms with E-state index >= 15 is 0 Å². The van der Waals surface area contributed by atoms with Crippen LogP contribution in [0.2, 0.25) is 5.02 Å². The summed E-state index contributed by atoms with van der Waals surface area (Å²) < 4.78 is 1.52. The van der Waals surface area contributed by atoms with Crippen molar-refractivity contribution in [2.75, 3.05) is 6.54 Å². The second-order valence-electron chi connectivity index (χ2n) is 7.79. The summed E-state index contributed by atoms with van der Waals surface area (Å²) >= 11 is 17.9. The first-order valence-electron chi connectivity index (χ1n) is 10.1. The van der Waals surface area contributed by atoms with Crippen LogP contribution in [0.4, 0.5) is 0 Å². The maximum atomic E-state index is 13.5. The van der Waals surface area contributed by atoms with Crippen molar-refractivity contribution < 1.29 is 4.79 Å². The minimum absolute atomic E-state index is 0.223. The molecule has 1 amide bonds. The van der Waals surface area contributed by atoms with Crippen LogP contribution >= 0.6 is 34.8 Å². The number of carbonyl (C=O) groups is 1. The van der Waals surface area contributed by atoms with E-state index < -0.39 is 16.8 Å². The number of aromatic nitrogens is 2. The maximum Gasteiger partial charge on any atom is 0.266 e. The van der Waals surface area contributed by atoms with Gasteiger partial charge in [0.15, 0.2) is 4.84 Å². The molecular formula is C23H24Cl3N3O2. The summed E-state index contributed by atoms with van der Waals surface area (Å²) in [6, 6.07) is 13.5.